The predicted octanol–water partition coefficient (Wildman–Crippen LogP) is 3.82. The topological polar surface area (TPSA) is 54.3 Å². The molecular formula is C17H16Br2N2O2. The lowest BCUT2D eigenvalue weighted by Crippen LogP contribution is -2.32. The molecule has 0 radical (unpaired) electrons. The number of aromatic nitrogens is 1. The van der Waals surface area contributed by atoms with E-state index < -0.39 is 6.10 Å². The first kappa shape index (κ1) is 16.5. The van der Waals surface area contributed by atoms with E-state index >= 15 is 0 Å². The minimum Gasteiger partial charge on any atom is -0.389 e. The maximum absolute atomic E-state index is 11.0. The normalized spacial score (nSPS) is 12.7. The maximum atomic E-state index is 11.0. The molecule has 0 aliphatic carbocycles. The van der Waals surface area contributed by atoms with E-state index in [0.29, 0.717) is 6.54 Å². The fourth-order valence-electron chi connectivity index (χ4n) is 2.78. The standard InChI is InChI=1S/C17H16Br2N2O2/c1-10(22)20-8-13(23)9-21-16-4-2-11(18)6-14(16)15-7-12(19)3-5-17(15)21/h2-7,13,23H,8-9H2,1H3,(H,20,22). The zero-order valence-corrected chi connectivity index (χ0v) is 15.7. The zero-order valence-electron chi connectivity index (χ0n) is 12.5. The molecule has 120 valence electrons. The van der Waals surface area contributed by atoms with Gasteiger partial charge in [0, 0.05) is 44.2 Å². The maximum Gasteiger partial charge on any atom is 0.216 e. The summed E-state index contributed by atoms with van der Waals surface area (Å²) in [5, 5.41) is 15.2. The number of nitrogens with zero attached hydrogens (tertiary/aromatic N) is 1. The number of aliphatic hydroxyl groups is 1. The number of hydrogen-bond donors (Lipinski definition) is 2. The first-order valence-electron chi connectivity index (χ1n) is 7.25. The highest BCUT2D eigenvalue weighted by Gasteiger charge is 2.14. The van der Waals surface area contributed by atoms with Crippen molar-refractivity contribution in [2.45, 2.75) is 19.6 Å². The summed E-state index contributed by atoms with van der Waals surface area (Å²) in [7, 11) is 0. The van der Waals surface area contributed by atoms with Crippen molar-refractivity contribution in [1.82, 2.24) is 9.88 Å². The van der Waals surface area contributed by atoms with E-state index in [-0.39, 0.29) is 12.5 Å². The predicted molar refractivity (Wildman–Crippen MR) is 99.5 cm³/mol. The van der Waals surface area contributed by atoms with Gasteiger partial charge in [0.05, 0.1) is 12.6 Å². The number of aliphatic hydroxyl groups excluding tert-OH is 1. The largest absolute Gasteiger partial charge is 0.389 e. The molecule has 6 heteroatoms. The Hall–Kier alpha value is -1.37. The van der Waals surface area contributed by atoms with Gasteiger partial charge in [-0.2, -0.15) is 0 Å². The van der Waals surface area contributed by atoms with E-state index in [1.165, 1.54) is 6.92 Å². The van der Waals surface area contributed by atoms with Crippen molar-refractivity contribution in [3.05, 3.63) is 45.3 Å². The number of halogens is 2. The Morgan fingerprint density at radius 1 is 1.13 bits per heavy atom. The van der Waals surface area contributed by atoms with Crippen molar-refractivity contribution in [3.8, 4) is 0 Å². The molecule has 0 aliphatic rings. The molecule has 23 heavy (non-hydrogen) atoms. The van der Waals surface area contributed by atoms with Gasteiger partial charge < -0.3 is 15.0 Å². The number of carbonyl (C=O) groups excluding carboxylic acids is 1. The van der Waals surface area contributed by atoms with E-state index in [9.17, 15) is 9.90 Å². The fourth-order valence-corrected chi connectivity index (χ4v) is 3.50. The van der Waals surface area contributed by atoms with Crippen LogP contribution in [0.1, 0.15) is 6.92 Å². The number of rotatable bonds is 4. The summed E-state index contributed by atoms with van der Waals surface area (Å²) in [4.78, 5) is 11.0. The van der Waals surface area contributed by atoms with Crippen molar-refractivity contribution in [2.24, 2.45) is 0 Å². The molecule has 0 bridgehead atoms. The van der Waals surface area contributed by atoms with E-state index in [4.69, 9.17) is 0 Å². The van der Waals surface area contributed by atoms with Crippen LogP contribution in [0.5, 0.6) is 0 Å². The van der Waals surface area contributed by atoms with Gasteiger partial charge in [-0.3, -0.25) is 4.79 Å². The number of hydrogen-bond acceptors (Lipinski definition) is 2. The smallest absolute Gasteiger partial charge is 0.216 e. The summed E-state index contributed by atoms with van der Waals surface area (Å²) in [6, 6.07) is 12.2. The highest BCUT2D eigenvalue weighted by Crippen LogP contribution is 2.33. The molecule has 3 aromatic rings. The summed E-state index contributed by atoms with van der Waals surface area (Å²) in [5.41, 5.74) is 2.12. The molecule has 0 saturated carbocycles. The molecule has 0 spiro atoms. The average molecular weight is 440 g/mol. The molecule has 1 aromatic heterocycles. The van der Waals surface area contributed by atoms with Crippen LogP contribution in [0, 0.1) is 0 Å². The third-order valence-corrected chi connectivity index (χ3v) is 4.76. The molecule has 1 amide bonds. The Morgan fingerprint density at radius 3 is 2.13 bits per heavy atom. The molecule has 0 aliphatic heterocycles. The van der Waals surface area contributed by atoms with Gasteiger partial charge in [0.2, 0.25) is 5.91 Å². The summed E-state index contributed by atoms with van der Waals surface area (Å²) in [5.74, 6) is -0.140. The highest BCUT2D eigenvalue weighted by atomic mass is 79.9. The molecule has 0 fully saturated rings. The van der Waals surface area contributed by atoms with Gasteiger partial charge in [-0.25, -0.2) is 0 Å². The van der Waals surface area contributed by atoms with Crippen LogP contribution in [0.15, 0.2) is 45.3 Å². The van der Waals surface area contributed by atoms with Gasteiger partial charge >= 0.3 is 0 Å². The lowest BCUT2D eigenvalue weighted by Gasteiger charge is -2.14. The minimum atomic E-state index is -0.648. The van der Waals surface area contributed by atoms with Crippen LogP contribution >= 0.6 is 31.9 Å². The summed E-state index contributed by atoms with van der Waals surface area (Å²) in [6.45, 7) is 2.11. The summed E-state index contributed by atoms with van der Waals surface area (Å²) < 4.78 is 4.13. The Bertz CT molecular complexity index is 830. The monoisotopic (exact) mass is 438 g/mol. The first-order valence-corrected chi connectivity index (χ1v) is 8.84. The van der Waals surface area contributed by atoms with Gasteiger partial charge in [-0.15, -0.1) is 0 Å². The van der Waals surface area contributed by atoms with Crippen LogP contribution in [0.25, 0.3) is 21.8 Å². The third kappa shape index (κ3) is 3.44. The number of amides is 1. The molecule has 1 unspecified atom stereocenters. The quantitative estimate of drug-likeness (QED) is 0.649. The SMILES string of the molecule is CC(=O)NCC(O)Cn1c2ccc(Br)cc2c2cc(Br)ccc21. The van der Waals surface area contributed by atoms with Crippen LogP contribution in [-0.2, 0) is 11.3 Å². The van der Waals surface area contributed by atoms with Gasteiger partial charge in [0.15, 0.2) is 0 Å². The van der Waals surface area contributed by atoms with Gasteiger partial charge in [0.1, 0.15) is 0 Å². The first-order chi connectivity index (χ1) is 11.0. The second-order valence-electron chi connectivity index (χ2n) is 5.52. The minimum absolute atomic E-state index is 0.140. The zero-order chi connectivity index (χ0) is 16.6. The van der Waals surface area contributed by atoms with Crippen LogP contribution in [-0.4, -0.2) is 28.2 Å². The number of benzene rings is 2. The second kappa shape index (κ2) is 6.63. The summed E-state index contributed by atoms with van der Waals surface area (Å²) in [6.07, 6.45) is -0.648. The number of fused-ring (bicyclic) bond motifs is 3. The van der Waals surface area contributed by atoms with Crippen LogP contribution < -0.4 is 5.32 Å². The van der Waals surface area contributed by atoms with Gasteiger partial charge in [0.25, 0.3) is 0 Å². The fraction of sp³-hybridized carbons (Fsp3) is 0.235. The number of nitrogens with one attached hydrogen (secondary N) is 1. The van der Waals surface area contributed by atoms with Crippen molar-refractivity contribution in [3.63, 3.8) is 0 Å². The Labute approximate surface area is 150 Å². The van der Waals surface area contributed by atoms with Gasteiger partial charge in [-0.1, -0.05) is 31.9 Å². The molecular weight excluding hydrogens is 424 g/mol. The van der Waals surface area contributed by atoms with Crippen molar-refractivity contribution < 1.29 is 9.90 Å². The van der Waals surface area contributed by atoms with Crippen LogP contribution in [0.2, 0.25) is 0 Å². The molecule has 2 aromatic carbocycles. The molecule has 4 nitrogen and oxygen atoms in total. The average Bonchev–Trinajstić information content (AvgIpc) is 2.78. The lowest BCUT2D eigenvalue weighted by molar-refractivity contribution is -0.119. The van der Waals surface area contributed by atoms with Crippen molar-refractivity contribution in [1.29, 1.82) is 0 Å². The van der Waals surface area contributed by atoms with Crippen molar-refractivity contribution >= 4 is 59.6 Å². The number of carbonyl (C=O) groups is 1. The van der Waals surface area contributed by atoms with E-state index in [0.717, 1.165) is 30.8 Å². The van der Waals surface area contributed by atoms with E-state index in [1.807, 2.05) is 24.3 Å². The Kier molecular flexibility index (Phi) is 4.75. The molecule has 3 rings (SSSR count). The second-order valence-corrected chi connectivity index (χ2v) is 7.36. The Balaban J connectivity index is 2.08. The third-order valence-electron chi connectivity index (χ3n) is 3.77. The molecule has 2 N–H and O–H groups in total. The highest BCUT2D eigenvalue weighted by molar-refractivity contribution is 9.10. The van der Waals surface area contributed by atoms with Crippen molar-refractivity contribution in [2.75, 3.05) is 6.54 Å². The van der Waals surface area contributed by atoms with Gasteiger partial charge in [-0.05, 0) is 36.4 Å². The molecule has 1 heterocycles. The Morgan fingerprint density at radius 2 is 1.65 bits per heavy atom. The van der Waals surface area contributed by atoms with Crippen LogP contribution in [0.3, 0.4) is 0 Å². The summed E-state index contributed by atoms with van der Waals surface area (Å²) >= 11 is 7.04. The van der Waals surface area contributed by atoms with E-state index in [2.05, 4.69) is 53.9 Å². The molecule has 0 saturated heterocycles. The lowest BCUT2D eigenvalue weighted by atomic mass is 10.2. The molecule has 1 atom stereocenters. The van der Waals surface area contributed by atoms with E-state index in [1.54, 1.807) is 0 Å². The van der Waals surface area contributed by atoms with Crippen LogP contribution in [0.4, 0.5) is 0 Å².